The molecule has 2 heterocycles. The number of nitrogens with one attached hydrogen (secondary N) is 2. The summed E-state index contributed by atoms with van der Waals surface area (Å²) in [5, 5.41) is 3.97. The second kappa shape index (κ2) is 8.80. The molecule has 0 radical (unpaired) electrons. The van der Waals surface area contributed by atoms with Crippen LogP contribution in [0.3, 0.4) is 0 Å². The summed E-state index contributed by atoms with van der Waals surface area (Å²) >= 11 is 2.00. The van der Waals surface area contributed by atoms with Crippen LogP contribution in [0, 0.1) is 0 Å². The molecule has 1 aliphatic rings. The van der Waals surface area contributed by atoms with Crippen molar-refractivity contribution in [2.45, 2.75) is 6.54 Å². The van der Waals surface area contributed by atoms with Gasteiger partial charge in [0.25, 0.3) is 5.91 Å². The molecule has 0 bridgehead atoms. The number of thioether (sulfide) groups is 1. The number of amides is 1. The zero-order valence-corrected chi connectivity index (χ0v) is 17.5. The van der Waals surface area contributed by atoms with E-state index in [1.54, 1.807) is 32.4 Å². The summed E-state index contributed by atoms with van der Waals surface area (Å²) in [4.78, 5) is 18.9. The Hall–Kier alpha value is -2.64. The van der Waals surface area contributed by atoms with Crippen LogP contribution in [0.15, 0.2) is 42.6 Å². The van der Waals surface area contributed by atoms with E-state index in [0.717, 1.165) is 47.6 Å². The van der Waals surface area contributed by atoms with Crippen LogP contribution >= 0.6 is 11.8 Å². The Morgan fingerprint density at radius 2 is 2.00 bits per heavy atom. The monoisotopic (exact) mass is 411 g/mol. The topological polar surface area (TPSA) is 66.6 Å². The van der Waals surface area contributed by atoms with E-state index in [0.29, 0.717) is 22.7 Å². The Balaban J connectivity index is 1.63. The van der Waals surface area contributed by atoms with Gasteiger partial charge in [-0.25, -0.2) is 0 Å². The molecule has 4 rings (SSSR count). The summed E-state index contributed by atoms with van der Waals surface area (Å²) in [6, 6.07) is 11.1. The number of rotatable bonds is 6. The number of fused-ring (bicyclic) bond motifs is 1. The quantitative estimate of drug-likeness (QED) is 0.642. The SMILES string of the molecule is COc1ccc(NC(=O)c2cccc3[nH]cc(CN4CCSCC4)c23)c(OC)c1. The summed E-state index contributed by atoms with van der Waals surface area (Å²) in [6.45, 7) is 3.00. The van der Waals surface area contributed by atoms with Crippen molar-refractivity contribution in [3.63, 3.8) is 0 Å². The Morgan fingerprint density at radius 3 is 2.76 bits per heavy atom. The zero-order chi connectivity index (χ0) is 20.2. The number of carbonyl (C=O) groups excluding carboxylic acids is 1. The first-order chi connectivity index (χ1) is 14.2. The minimum Gasteiger partial charge on any atom is -0.497 e. The van der Waals surface area contributed by atoms with Gasteiger partial charge in [0.2, 0.25) is 0 Å². The van der Waals surface area contributed by atoms with Gasteiger partial charge in [-0.05, 0) is 29.8 Å². The summed E-state index contributed by atoms with van der Waals surface area (Å²) < 4.78 is 10.6. The van der Waals surface area contributed by atoms with E-state index >= 15 is 0 Å². The second-order valence-corrected chi connectivity index (χ2v) is 8.18. The number of benzene rings is 2. The third kappa shape index (κ3) is 4.21. The maximum atomic E-state index is 13.2. The largest absolute Gasteiger partial charge is 0.497 e. The van der Waals surface area contributed by atoms with Crippen molar-refractivity contribution in [2.24, 2.45) is 0 Å². The number of aromatic amines is 1. The fourth-order valence-electron chi connectivity index (χ4n) is 3.66. The highest BCUT2D eigenvalue weighted by Crippen LogP contribution is 2.31. The van der Waals surface area contributed by atoms with E-state index in [4.69, 9.17) is 9.47 Å². The van der Waals surface area contributed by atoms with Crippen LogP contribution in [0.25, 0.3) is 10.9 Å². The predicted octanol–water partition coefficient (Wildman–Crippen LogP) is 3.99. The van der Waals surface area contributed by atoms with Crippen molar-refractivity contribution in [3.8, 4) is 11.5 Å². The van der Waals surface area contributed by atoms with Crippen LogP contribution in [0.2, 0.25) is 0 Å². The lowest BCUT2D eigenvalue weighted by Crippen LogP contribution is -2.31. The van der Waals surface area contributed by atoms with Crippen molar-refractivity contribution in [2.75, 3.05) is 44.1 Å². The molecule has 2 aromatic carbocycles. The van der Waals surface area contributed by atoms with Gasteiger partial charge in [-0.15, -0.1) is 0 Å². The van der Waals surface area contributed by atoms with E-state index in [9.17, 15) is 4.79 Å². The van der Waals surface area contributed by atoms with Gasteiger partial charge in [0.05, 0.1) is 19.9 Å². The average molecular weight is 412 g/mol. The van der Waals surface area contributed by atoms with Crippen LogP contribution in [-0.2, 0) is 6.54 Å². The predicted molar refractivity (Wildman–Crippen MR) is 118 cm³/mol. The van der Waals surface area contributed by atoms with Crippen LogP contribution in [0.5, 0.6) is 11.5 Å². The van der Waals surface area contributed by atoms with Crippen LogP contribution in [0.4, 0.5) is 5.69 Å². The molecule has 2 N–H and O–H groups in total. The second-order valence-electron chi connectivity index (χ2n) is 6.95. The molecule has 7 heteroatoms. The summed E-state index contributed by atoms with van der Waals surface area (Å²) in [5.74, 6) is 3.40. The molecular weight excluding hydrogens is 386 g/mol. The summed E-state index contributed by atoms with van der Waals surface area (Å²) in [6.07, 6.45) is 2.02. The molecule has 0 aliphatic carbocycles. The number of H-pyrrole nitrogens is 1. The minimum atomic E-state index is -0.158. The average Bonchev–Trinajstić information content (AvgIpc) is 3.17. The molecular formula is C22H25N3O3S. The van der Waals surface area contributed by atoms with E-state index < -0.39 is 0 Å². The fraction of sp³-hybridized carbons (Fsp3) is 0.318. The lowest BCUT2D eigenvalue weighted by molar-refractivity contribution is 0.102. The lowest BCUT2D eigenvalue weighted by Gasteiger charge is -2.26. The van der Waals surface area contributed by atoms with Crippen molar-refractivity contribution < 1.29 is 14.3 Å². The molecule has 1 aromatic heterocycles. The summed E-state index contributed by atoms with van der Waals surface area (Å²) in [5.41, 5.74) is 3.39. The smallest absolute Gasteiger partial charge is 0.256 e. The molecule has 0 atom stereocenters. The van der Waals surface area contributed by atoms with Crippen LogP contribution < -0.4 is 14.8 Å². The molecule has 3 aromatic rings. The Bertz CT molecular complexity index is 1010. The van der Waals surface area contributed by atoms with E-state index in [2.05, 4.69) is 15.2 Å². The van der Waals surface area contributed by atoms with Gasteiger partial charge in [0, 0.05) is 59.9 Å². The maximum absolute atomic E-state index is 13.2. The van der Waals surface area contributed by atoms with Crippen molar-refractivity contribution in [1.82, 2.24) is 9.88 Å². The van der Waals surface area contributed by atoms with Gasteiger partial charge in [0.1, 0.15) is 11.5 Å². The van der Waals surface area contributed by atoms with Gasteiger partial charge in [-0.1, -0.05) is 6.07 Å². The number of nitrogens with zero attached hydrogens (tertiary/aromatic N) is 1. The molecule has 1 fully saturated rings. The number of ether oxygens (including phenoxy) is 2. The first-order valence-electron chi connectivity index (χ1n) is 9.62. The minimum absolute atomic E-state index is 0.158. The maximum Gasteiger partial charge on any atom is 0.256 e. The number of hydrogen-bond acceptors (Lipinski definition) is 5. The Morgan fingerprint density at radius 1 is 1.17 bits per heavy atom. The highest BCUT2D eigenvalue weighted by molar-refractivity contribution is 7.99. The highest BCUT2D eigenvalue weighted by Gasteiger charge is 2.19. The van der Waals surface area contributed by atoms with E-state index in [1.165, 1.54) is 0 Å². The molecule has 6 nitrogen and oxygen atoms in total. The Labute approximate surface area is 174 Å². The summed E-state index contributed by atoms with van der Waals surface area (Å²) in [7, 11) is 3.18. The normalized spacial score (nSPS) is 14.7. The number of aromatic nitrogens is 1. The molecule has 0 saturated carbocycles. The number of methoxy groups -OCH3 is 2. The first-order valence-corrected chi connectivity index (χ1v) is 10.8. The zero-order valence-electron chi connectivity index (χ0n) is 16.7. The molecule has 0 unspecified atom stereocenters. The fourth-order valence-corrected chi connectivity index (χ4v) is 4.64. The third-order valence-corrected chi connectivity index (χ3v) is 6.13. The Kier molecular flexibility index (Phi) is 5.97. The standard InChI is InChI=1S/C22H25N3O3S/c1-27-16-6-7-18(20(12-16)28-2)24-22(26)17-4-3-5-19-21(17)15(13-23-19)14-25-8-10-29-11-9-25/h3-7,12-13,23H,8-11,14H2,1-2H3,(H,24,26). The van der Waals surface area contributed by atoms with Gasteiger partial charge < -0.3 is 19.8 Å². The number of carbonyl (C=O) groups is 1. The van der Waals surface area contributed by atoms with Gasteiger partial charge in [-0.3, -0.25) is 9.69 Å². The molecule has 0 spiro atoms. The van der Waals surface area contributed by atoms with Crippen molar-refractivity contribution in [3.05, 3.63) is 53.7 Å². The third-order valence-electron chi connectivity index (χ3n) is 5.19. The van der Waals surface area contributed by atoms with Gasteiger partial charge in [-0.2, -0.15) is 11.8 Å². The number of anilines is 1. The van der Waals surface area contributed by atoms with E-state index in [-0.39, 0.29) is 5.91 Å². The number of hydrogen-bond donors (Lipinski definition) is 2. The highest BCUT2D eigenvalue weighted by atomic mass is 32.2. The van der Waals surface area contributed by atoms with E-state index in [1.807, 2.05) is 36.2 Å². The molecule has 1 amide bonds. The molecule has 1 aliphatic heterocycles. The first kappa shape index (κ1) is 19.7. The molecule has 152 valence electrons. The van der Waals surface area contributed by atoms with Crippen LogP contribution in [0.1, 0.15) is 15.9 Å². The van der Waals surface area contributed by atoms with Crippen LogP contribution in [-0.4, -0.2) is 54.6 Å². The van der Waals surface area contributed by atoms with Gasteiger partial charge in [0.15, 0.2) is 0 Å². The molecule has 29 heavy (non-hydrogen) atoms. The lowest BCUT2D eigenvalue weighted by atomic mass is 10.0. The van der Waals surface area contributed by atoms with Crippen molar-refractivity contribution in [1.29, 1.82) is 0 Å². The molecule has 1 saturated heterocycles. The van der Waals surface area contributed by atoms with Crippen molar-refractivity contribution >= 4 is 34.3 Å². The van der Waals surface area contributed by atoms with Gasteiger partial charge >= 0.3 is 0 Å².